The first-order valence-electron chi connectivity index (χ1n) is 8.76. The second-order valence-electron chi connectivity index (χ2n) is 6.38. The van der Waals surface area contributed by atoms with Crippen LogP contribution < -0.4 is 10.0 Å². The minimum atomic E-state index is -4.37. The lowest BCUT2D eigenvalue weighted by Gasteiger charge is -2.08. The number of halogens is 3. The molecule has 2 N–H and O–H groups in total. The van der Waals surface area contributed by atoms with Crippen molar-refractivity contribution in [2.45, 2.75) is 23.9 Å². The zero-order chi connectivity index (χ0) is 21.1. The Bertz CT molecular complexity index is 1030. The molecule has 0 saturated heterocycles. The van der Waals surface area contributed by atoms with Gasteiger partial charge >= 0.3 is 6.18 Å². The first-order valence-corrected chi connectivity index (χ1v) is 10.2. The van der Waals surface area contributed by atoms with Crippen LogP contribution in [-0.4, -0.2) is 33.3 Å². The van der Waals surface area contributed by atoms with Crippen molar-refractivity contribution in [3.63, 3.8) is 0 Å². The zero-order valence-electron chi connectivity index (χ0n) is 15.2. The number of hydrogen-bond donors (Lipinski definition) is 2. The summed E-state index contributed by atoms with van der Waals surface area (Å²) in [6.07, 6.45) is -3.92. The molecule has 1 amide bonds. The molecule has 0 aliphatic carbocycles. The SMILES string of the molecule is O=C(CCN=C1NS(=O)(=O)c2ccccc21)NCCc1ccc(C(F)(F)F)cc1. The molecule has 3 rings (SSSR count). The molecule has 0 bridgehead atoms. The van der Waals surface area contributed by atoms with Gasteiger partial charge in [-0.2, -0.15) is 13.2 Å². The van der Waals surface area contributed by atoms with Crippen molar-refractivity contribution in [1.29, 1.82) is 0 Å². The van der Waals surface area contributed by atoms with E-state index in [1.807, 2.05) is 0 Å². The van der Waals surface area contributed by atoms with E-state index >= 15 is 0 Å². The molecule has 0 saturated carbocycles. The van der Waals surface area contributed by atoms with E-state index in [1.165, 1.54) is 18.2 Å². The minimum absolute atomic E-state index is 0.0560. The number of nitrogens with one attached hydrogen (secondary N) is 2. The van der Waals surface area contributed by atoms with E-state index < -0.39 is 21.8 Å². The number of aliphatic imine (C=N–C) groups is 1. The Morgan fingerprint density at radius 2 is 1.76 bits per heavy atom. The lowest BCUT2D eigenvalue weighted by molar-refractivity contribution is -0.137. The number of carbonyl (C=O) groups is 1. The summed E-state index contributed by atoms with van der Waals surface area (Å²) in [5.41, 5.74) is 0.430. The normalized spacial score (nSPS) is 16.3. The summed E-state index contributed by atoms with van der Waals surface area (Å²) in [5, 5.41) is 2.67. The summed E-state index contributed by atoms with van der Waals surface area (Å²) < 4.78 is 63.9. The summed E-state index contributed by atoms with van der Waals surface area (Å²) in [6.45, 7) is 0.370. The van der Waals surface area contributed by atoms with Crippen LogP contribution in [0.15, 0.2) is 58.4 Å². The molecule has 2 aromatic carbocycles. The van der Waals surface area contributed by atoms with E-state index in [9.17, 15) is 26.4 Å². The smallest absolute Gasteiger partial charge is 0.356 e. The van der Waals surface area contributed by atoms with Crippen LogP contribution in [0, 0.1) is 0 Å². The highest BCUT2D eigenvalue weighted by Gasteiger charge is 2.30. The van der Waals surface area contributed by atoms with Crippen molar-refractivity contribution in [3.05, 3.63) is 65.2 Å². The van der Waals surface area contributed by atoms with Gasteiger partial charge in [0.25, 0.3) is 10.0 Å². The van der Waals surface area contributed by atoms with Gasteiger partial charge < -0.3 is 5.32 Å². The van der Waals surface area contributed by atoms with E-state index in [4.69, 9.17) is 0 Å². The van der Waals surface area contributed by atoms with Gasteiger partial charge in [-0.05, 0) is 36.2 Å². The number of rotatable bonds is 6. The Morgan fingerprint density at radius 3 is 2.45 bits per heavy atom. The highest BCUT2D eigenvalue weighted by atomic mass is 32.2. The van der Waals surface area contributed by atoms with Crippen LogP contribution in [0.1, 0.15) is 23.1 Å². The fraction of sp³-hybridized carbons (Fsp3) is 0.263. The van der Waals surface area contributed by atoms with E-state index in [1.54, 1.807) is 18.2 Å². The van der Waals surface area contributed by atoms with E-state index in [2.05, 4.69) is 15.0 Å². The fourth-order valence-electron chi connectivity index (χ4n) is 2.82. The van der Waals surface area contributed by atoms with E-state index in [0.717, 1.165) is 12.1 Å². The average molecular weight is 425 g/mol. The van der Waals surface area contributed by atoms with Gasteiger partial charge in [-0.3, -0.25) is 14.5 Å². The van der Waals surface area contributed by atoms with Crippen LogP contribution in [-0.2, 0) is 27.4 Å². The number of amidine groups is 1. The lowest BCUT2D eigenvalue weighted by Crippen LogP contribution is -2.27. The third-order valence-corrected chi connectivity index (χ3v) is 5.69. The van der Waals surface area contributed by atoms with Gasteiger partial charge in [0.1, 0.15) is 5.84 Å². The Hall–Kier alpha value is -2.88. The molecular formula is C19H18F3N3O3S. The fourth-order valence-corrected chi connectivity index (χ4v) is 4.07. The van der Waals surface area contributed by atoms with Gasteiger partial charge in [0.05, 0.1) is 17.0 Å². The lowest BCUT2D eigenvalue weighted by atomic mass is 10.1. The molecule has 0 unspecified atom stereocenters. The molecule has 0 aromatic heterocycles. The second kappa shape index (κ2) is 8.24. The number of amides is 1. The van der Waals surface area contributed by atoms with Crippen LogP contribution in [0.5, 0.6) is 0 Å². The Labute approximate surface area is 165 Å². The van der Waals surface area contributed by atoms with Crippen LogP contribution >= 0.6 is 0 Å². The first-order chi connectivity index (χ1) is 13.7. The Morgan fingerprint density at radius 1 is 1.07 bits per heavy atom. The largest absolute Gasteiger partial charge is 0.416 e. The molecule has 10 heteroatoms. The predicted molar refractivity (Wildman–Crippen MR) is 101 cm³/mol. The van der Waals surface area contributed by atoms with Gasteiger partial charge in [0, 0.05) is 18.5 Å². The standard InChI is InChI=1S/C19H18F3N3O3S/c20-19(21,22)14-7-5-13(6-8-14)9-11-23-17(26)10-12-24-18-15-3-1-2-4-16(15)29(27,28)25-18/h1-8H,9-12H2,(H,23,26)(H,24,25). The average Bonchev–Trinajstić information content (AvgIpc) is 2.92. The Balaban J connectivity index is 1.46. The van der Waals surface area contributed by atoms with Crippen molar-refractivity contribution in [2.75, 3.05) is 13.1 Å². The molecule has 1 aliphatic rings. The highest BCUT2D eigenvalue weighted by molar-refractivity contribution is 7.90. The minimum Gasteiger partial charge on any atom is -0.356 e. The van der Waals surface area contributed by atoms with Crippen molar-refractivity contribution in [2.24, 2.45) is 4.99 Å². The van der Waals surface area contributed by atoms with Crippen molar-refractivity contribution < 1.29 is 26.4 Å². The maximum atomic E-state index is 12.5. The summed E-state index contributed by atoms with van der Waals surface area (Å²) >= 11 is 0. The molecule has 0 spiro atoms. The molecule has 2 aromatic rings. The molecule has 0 radical (unpaired) electrons. The molecule has 29 heavy (non-hydrogen) atoms. The third kappa shape index (κ3) is 5.14. The Kier molecular flexibility index (Phi) is 5.92. The number of alkyl halides is 3. The van der Waals surface area contributed by atoms with Crippen molar-refractivity contribution >= 4 is 21.8 Å². The first kappa shape index (κ1) is 20.8. The molecule has 154 valence electrons. The number of carbonyl (C=O) groups excluding carboxylic acids is 1. The maximum Gasteiger partial charge on any atom is 0.416 e. The summed E-state index contributed by atoms with van der Waals surface area (Å²) in [4.78, 5) is 16.2. The number of nitrogens with zero attached hydrogens (tertiary/aromatic N) is 1. The third-order valence-electron chi connectivity index (χ3n) is 4.29. The molecule has 0 fully saturated rings. The van der Waals surface area contributed by atoms with Gasteiger partial charge in [-0.1, -0.05) is 24.3 Å². The zero-order valence-corrected chi connectivity index (χ0v) is 16.0. The molecule has 0 atom stereocenters. The maximum absolute atomic E-state index is 12.5. The predicted octanol–water partition coefficient (Wildman–Crippen LogP) is 2.49. The molecule has 6 nitrogen and oxygen atoms in total. The van der Waals surface area contributed by atoms with Gasteiger partial charge in [-0.25, -0.2) is 8.42 Å². The molecule has 1 heterocycles. The molecule has 1 aliphatic heterocycles. The van der Waals surface area contributed by atoms with Crippen molar-refractivity contribution in [1.82, 2.24) is 10.0 Å². The van der Waals surface area contributed by atoms with Crippen LogP contribution in [0.2, 0.25) is 0 Å². The van der Waals surface area contributed by atoms with Crippen LogP contribution in [0.25, 0.3) is 0 Å². The molecular weight excluding hydrogens is 407 g/mol. The number of benzene rings is 2. The van der Waals surface area contributed by atoms with Crippen LogP contribution in [0.3, 0.4) is 0 Å². The van der Waals surface area contributed by atoms with Gasteiger partial charge in [0.15, 0.2) is 0 Å². The summed E-state index contributed by atoms with van der Waals surface area (Å²) in [5.74, 6) is -0.0754. The van der Waals surface area contributed by atoms with Crippen molar-refractivity contribution in [3.8, 4) is 0 Å². The summed E-state index contributed by atoms with van der Waals surface area (Å²) in [6, 6.07) is 11.2. The van der Waals surface area contributed by atoms with E-state index in [0.29, 0.717) is 17.5 Å². The van der Waals surface area contributed by atoms with Gasteiger partial charge in [0.2, 0.25) is 5.91 Å². The highest BCUT2D eigenvalue weighted by Crippen LogP contribution is 2.29. The summed E-state index contributed by atoms with van der Waals surface area (Å²) in [7, 11) is -3.61. The topological polar surface area (TPSA) is 87.6 Å². The number of sulfonamides is 1. The van der Waals surface area contributed by atoms with E-state index in [-0.39, 0.29) is 36.1 Å². The van der Waals surface area contributed by atoms with Gasteiger partial charge in [-0.15, -0.1) is 0 Å². The second-order valence-corrected chi connectivity index (χ2v) is 8.03. The number of hydrogen-bond acceptors (Lipinski definition) is 4. The van der Waals surface area contributed by atoms with Crippen LogP contribution in [0.4, 0.5) is 13.2 Å². The number of fused-ring (bicyclic) bond motifs is 1. The quantitative estimate of drug-likeness (QED) is 0.746. The monoisotopic (exact) mass is 425 g/mol.